The van der Waals surface area contributed by atoms with Gasteiger partial charge in [0.15, 0.2) is 6.71 Å². The average Bonchev–Trinajstić information content (AvgIpc) is 2.02. The molecule has 0 rings (SSSR count). The van der Waals surface area contributed by atoms with Gasteiger partial charge in [0.25, 0.3) is 0 Å². The third-order valence-electron chi connectivity index (χ3n) is 2.54. The molecule has 0 aromatic rings. The Bertz CT molecular complexity index is 163. The number of allylic oxidation sites excluding steroid dienone is 1. The SMILES string of the molecule is CCB(CC)/C(=C\[Si](C)(C)C)CC. The Labute approximate surface area is 85.9 Å². The third-order valence-corrected chi connectivity index (χ3v) is 3.77. The number of rotatable bonds is 5. The lowest BCUT2D eigenvalue weighted by molar-refractivity contribution is 1.15. The van der Waals surface area contributed by atoms with Crippen molar-refractivity contribution in [2.45, 2.75) is 59.5 Å². The van der Waals surface area contributed by atoms with Crippen molar-refractivity contribution in [2.75, 3.05) is 0 Å². The highest BCUT2D eigenvalue weighted by Crippen LogP contribution is 2.17. The van der Waals surface area contributed by atoms with Gasteiger partial charge in [-0.1, -0.05) is 53.1 Å². The predicted octanol–water partition coefficient (Wildman–Crippen LogP) is 4.27. The zero-order valence-electron chi connectivity index (χ0n) is 10.3. The standard InChI is InChI=1S/C11H25BSi/c1-7-11(10-13(4,5)6)12(8-2)9-3/h10H,7-9H2,1-6H3/b11-10-. The van der Waals surface area contributed by atoms with E-state index in [9.17, 15) is 0 Å². The first-order valence-electron chi connectivity index (χ1n) is 5.66. The summed E-state index contributed by atoms with van der Waals surface area (Å²) in [7, 11) is -0.999. The van der Waals surface area contributed by atoms with Crippen molar-refractivity contribution >= 4 is 14.8 Å². The molecule has 0 atom stereocenters. The first-order chi connectivity index (χ1) is 5.94. The maximum atomic E-state index is 2.60. The molecule has 0 amide bonds. The summed E-state index contributed by atoms with van der Waals surface area (Å²) in [6, 6.07) is 0. The normalized spacial score (nSPS) is 13.2. The molecule has 0 N–H and O–H groups in total. The van der Waals surface area contributed by atoms with E-state index in [1.807, 2.05) is 0 Å². The van der Waals surface area contributed by atoms with Crippen LogP contribution in [0.25, 0.3) is 0 Å². The van der Waals surface area contributed by atoms with E-state index in [2.05, 4.69) is 46.1 Å². The molecule has 0 heterocycles. The molecule has 0 spiro atoms. The van der Waals surface area contributed by atoms with Gasteiger partial charge in [0.05, 0.1) is 8.07 Å². The molecule has 76 valence electrons. The number of hydrogen-bond acceptors (Lipinski definition) is 0. The summed E-state index contributed by atoms with van der Waals surface area (Å²) in [5, 5.41) is 0. The molecule has 2 heteroatoms. The van der Waals surface area contributed by atoms with Crippen molar-refractivity contribution < 1.29 is 0 Å². The largest absolute Gasteiger partial charge is 0.169 e. The van der Waals surface area contributed by atoms with E-state index in [1.165, 1.54) is 19.1 Å². The van der Waals surface area contributed by atoms with Gasteiger partial charge in [0.2, 0.25) is 0 Å². The zero-order chi connectivity index (χ0) is 10.5. The van der Waals surface area contributed by atoms with E-state index < -0.39 is 8.07 Å². The average molecular weight is 196 g/mol. The van der Waals surface area contributed by atoms with Crippen molar-refractivity contribution in [3.63, 3.8) is 0 Å². The lowest BCUT2D eigenvalue weighted by Crippen LogP contribution is -2.22. The van der Waals surface area contributed by atoms with E-state index in [0.717, 1.165) is 6.71 Å². The molecule has 0 aliphatic heterocycles. The van der Waals surface area contributed by atoms with Gasteiger partial charge in [-0.2, -0.15) is 0 Å². The highest BCUT2D eigenvalue weighted by molar-refractivity contribution is 6.83. The molecule has 13 heavy (non-hydrogen) atoms. The lowest BCUT2D eigenvalue weighted by atomic mass is 9.40. The molecule has 0 aliphatic carbocycles. The van der Waals surface area contributed by atoms with Crippen LogP contribution >= 0.6 is 0 Å². The summed E-state index contributed by atoms with van der Waals surface area (Å²) in [4.78, 5) is 0. The summed E-state index contributed by atoms with van der Waals surface area (Å²) in [6.07, 6.45) is 3.86. The van der Waals surface area contributed by atoms with Crippen LogP contribution in [0, 0.1) is 0 Å². The minimum Gasteiger partial charge on any atom is -0.109 e. The van der Waals surface area contributed by atoms with E-state index in [0.29, 0.717) is 0 Å². The molecular formula is C11H25BSi. The van der Waals surface area contributed by atoms with Crippen molar-refractivity contribution in [1.82, 2.24) is 0 Å². The third kappa shape index (κ3) is 5.35. The Kier molecular flexibility index (Phi) is 5.70. The highest BCUT2D eigenvalue weighted by Gasteiger charge is 2.17. The molecule has 0 bridgehead atoms. The molecule has 0 radical (unpaired) electrons. The van der Waals surface area contributed by atoms with Crippen LogP contribution in [0.3, 0.4) is 0 Å². The van der Waals surface area contributed by atoms with Crippen molar-refractivity contribution in [3.8, 4) is 0 Å². The van der Waals surface area contributed by atoms with E-state index in [-0.39, 0.29) is 0 Å². The summed E-state index contributed by atoms with van der Waals surface area (Å²) in [5.74, 6) is 0. The van der Waals surface area contributed by atoms with Gasteiger partial charge in [0, 0.05) is 0 Å². The Morgan fingerprint density at radius 2 is 1.54 bits per heavy atom. The van der Waals surface area contributed by atoms with Gasteiger partial charge in [-0.15, -0.1) is 11.2 Å². The lowest BCUT2D eigenvalue weighted by Gasteiger charge is -2.18. The van der Waals surface area contributed by atoms with Crippen LogP contribution in [-0.4, -0.2) is 14.8 Å². The van der Waals surface area contributed by atoms with Crippen LogP contribution in [-0.2, 0) is 0 Å². The monoisotopic (exact) mass is 196 g/mol. The molecule has 0 fully saturated rings. The second-order valence-electron chi connectivity index (χ2n) is 4.95. The van der Waals surface area contributed by atoms with Crippen LogP contribution in [0.2, 0.25) is 32.3 Å². The van der Waals surface area contributed by atoms with E-state index in [4.69, 9.17) is 0 Å². The molecule has 0 unspecified atom stereocenters. The fraction of sp³-hybridized carbons (Fsp3) is 0.818. The fourth-order valence-electron chi connectivity index (χ4n) is 1.88. The Morgan fingerprint density at radius 3 is 1.77 bits per heavy atom. The van der Waals surface area contributed by atoms with Gasteiger partial charge >= 0.3 is 0 Å². The second-order valence-corrected chi connectivity index (χ2v) is 9.97. The van der Waals surface area contributed by atoms with E-state index in [1.54, 1.807) is 5.47 Å². The van der Waals surface area contributed by atoms with Crippen molar-refractivity contribution in [1.29, 1.82) is 0 Å². The van der Waals surface area contributed by atoms with Crippen molar-refractivity contribution in [3.05, 3.63) is 11.2 Å². The van der Waals surface area contributed by atoms with Crippen LogP contribution in [0.4, 0.5) is 0 Å². The van der Waals surface area contributed by atoms with Gasteiger partial charge in [-0.25, -0.2) is 0 Å². The Morgan fingerprint density at radius 1 is 1.08 bits per heavy atom. The van der Waals surface area contributed by atoms with Crippen LogP contribution in [0.15, 0.2) is 11.2 Å². The smallest absolute Gasteiger partial charge is 0.109 e. The molecule has 0 aromatic heterocycles. The highest BCUT2D eigenvalue weighted by atomic mass is 28.3. The molecule has 0 nitrogen and oxygen atoms in total. The van der Waals surface area contributed by atoms with Gasteiger partial charge in [-0.3, -0.25) is 0 Å². The maximum Gasteiger partial charge on any atom is 0.169 e. The van der Waals surface area contributed by atoms with E-state index >= 15 is 0 Å². The Balaban J connectivity index is 4.57. The topological polar surface area (TPSA) is 0 Å². The molecule has 0 aliphatic rings. The van der Waals surface area contributed by atoms with Gasteiger partial charge < -0.3 is 0 Å². The zero-order valence-corrected chi connectivity index (χ0v) is 11.3. The first kappa shape index (κ1) is 13.0. The van der Waals surface area contributed by atoms with Crippen molar-refractivity contribution in [2.24, 2.45) is 0 Å². The summed E-state index contributed by atoms with van der Waals surface area (Å²) < 4.78 is 0. The minimum atomic E-state index is -0.999. The first-order valence-corrected chi connectivity index (χ1v) is 9.23. The van der Waals surface area contributed by atoms with Crippen LogP contribution in [0.5, 0.6) is 0 Å². The maximum absolute atomic E-state index is 2.60. The summed E-state index contributed by atoms with van der Waals surface area (Å²) in [6.45, 7) is 15.0. The quantitative estimate of drug-likeness (QED) is 0.576. The van der Waals surface area contributed by atoms with Crippen LogP contribution in [0.1, 0.15) is 27.2 Å². The molecule has 0 saturated heterocycles. The molecule has 0 aromatic carbocycles. The Hall–Kier alpha value is 0.0218. The predicted molar refractivity (Wildman–Crippen MR) is 68.4 cm³/mol. The summed E-state index contributed by atoms with van der Waals surface area (Å²) >= 11 is 0. The summed E-state index contributed by atoms with van der Waals surface area (Å²) in [5.41, 5.74) is 4.31. The fourth-order valence-corrected chi connectivity index (χ4v) is 3.43. The van der Waals surface area contributed by atoms with Gasteiger partial charge in [-0.05, 0) is 6.42 Å². The number of hydrogen-bond donors (Lipinski definition) is 0. The molecule has 0 saturated carbocycles. The second kappa shape index (κ2) is 5.69. The minimum absolute atomic E-state index is 0.844. The van der Waals surface area contributed by atoms with Gasteiger partial charge in [0.1, 0.15) is 0 Å². The molecular weight excluding hydrogens is 171 g/mol. The van der Waals surface area contributed by atoms with Crippen LogP contribution < -0.4 is 0 Å².